The number of carbonyl (C=O) groups excluding carboxylic acids is 1. The number of Topliss-reactive ketones (excluding diaryl/α,β-unsaturated/α-hetero) is 1. The van der Waals surface area contributed by atoms with Crippen LogP contribution in [0, 0.1) is 12.3 Å². The van der Waals surface area contributed by atoms with Gasteiger partial charge in [0.05, 0.1) is 6.04 Å². The van der Waals surface area contributed by atoms with Gasteiger partial charge in [-0.25, -0.2) is 0 Å². The summed E-state index contributed by atoms with van der Waals surface area (Å²) in [5.41, 5.74) is 2.76. The number of ketones is 1. The number of benzene rings is 1. The predicted molar refractivity (Wildman–Crippen MR) is 90.0 cm³/mol. The van der Waals surface area contributed by atoms with Crippen molar-refractivity contribution in [3.8, 4) is 0 Å². The van der Waals surface area contributed by atoms with Crippen LogP contribution in [0.3, 0.4) is 0 Å². The molecule has 2 aromatic rings. The van der Waals surface area contributed by atoms with E-state index in [1.165, 1.54) is 28.3 Å². The molecule has 1 unspecified atom stereocenters. The van der Waals surface area contributed by atoms with E-state index in [0.717, 1.165) is 24.8 Å². The molecule has 0 amide bonds. The van der Waals surface area contributed by atoms with Crippen LogP contribution in [0.15, 0.2) is 18.2 Å². The Labute approximate surface area is 139 Å². The fourth-order valence-electron chi connectivity index (χ4n) is 3.03. The number of halogens is 1. The van der Waals surface area contributed by atoms with Gasteiger partial charge >= 0.3 is 0 Å². The Morgan fingerprint density at radius 3 is 2.82 bits per heavy atom. The SMILES string of the molecule is Cc1ccc(C(=O)C(C)n2c3c(sc2=N)CCCC3)cc1Cl. The van der Waals surface area contributed by atoms with Gasteiger partial charge in [0.25, 0.3) is 0 Å². The van der Waals surface area contributed by atoms with E-state index >= 15 is 0 Å². The van der Waals surface area contributed by atoms with Crippen molar-refractivity contribution in [2.75, 3.05) is 0 Å². The summed E-state index contributed by atoms with van der Waals surface area (Å²) in [7, 11) is 0. The highest BCUT2D eigenvalue weighted by atomic mass is 35.5. The van der Waals surface area contributed by atoms with Gasteiger partial charge in [0.15, 0.2) is 10.6 Å². The number of hydrogen-bond donors (Lipinski definition) is 1. The van der Waals surface area contributed by atoms with Crippen LogP contribution in [0.5, 0.6) is 0 Å². The first-order valence-electron chi connectivity index (χ1n) is 7.57. The highest BCUT2D eigenvalue weighted by molar-refractivity contribution is 7.09. The van der Waals surface area contributed by atoms with E-state index in [0.29, 0.717) is 15.4 Å². The molecular formula is C17H19ClN2OS. The average Bonchev–Trinajstić information content (AvgIpc) is 2.84. The lowest BCUT2D eigenvalue weighted by Crippen LogP contribution is -2.27. The second kappa shape index (κ2) is 6.01. The van der Waals surface area contributed by atoms with E-state index in [1.54, 1.807) is 6.07 Å². The molecule has 116 valence electrons. The summed E-state index contributed by atoms with van der Waals surface area (Å²) in [6.45, 7) is 3.81. The molecular weight excluding hydrogens is 316 g/mol. The van der Waals surface area contributed by atoms with E-state index in [9.17, 15) is 4.79 Å². The Hall–Kier alpha value is -1.39. The second-order valence-corrected chi connectivity index (χ2v) is 7.35. The summed E-state index contributed by atoms with van der Waals surface area (Å²) in [4.78, 5) is 14.5. The lowest BCUT2D eigenvalue weighted by molar-refractivity contribution is 0.0931. The highest BCUT2D eigenvalue weighted by Crippen LogP contribution is 2.27. The van der Waals surface area contributed by atoms with E-state index < -0.39 is 0 Å². The van der Waals surface area contributed by atoms with Crippen molar-refractivity contribution in [1.29, 1.82) is 5.41 Å². The average molecular weight is 335 g/mol. The smallest absolute Gasteiger partial charge is 0.185 e. The molecule has 1 aliphatic carbocycles. The van der Waals surface area contributed by atoms with Crippen LogP contribution in [-0.4, -0.2) is 10.4 Å². The maximum atomic E-state index is 12.8. The summed E-state index contributed by atoms with van der Waals surface area (Å²) >= 11 is 7.65. The minimum atomic E-state index is -0.357. The summed E-state index contributed by atoms with van der Waals surface area (Å²) < 4.78 is 1.91. The summed E-state index contributed by atoms with van der Waals surface area (Å²) in [6, 6.07) is 5.07. The van der Waals surface area contributed by atoms with Crippen LogP contribution in [0.1, 0.15) is 52.3 Å². The Bertz CT molecular complexity index is 790. The van der Waals surface area contributed by atoms with Crippen molar-refractivity contribution in [3.05, 3.63) is 49.7 Å². The number of thiazole rings is 1. The van der Waals surface area contributed by atoms with E-state index in [-0.39, 0.29) is 11.8 Å². The number of nitrogens with one attached hydrogen (secondary N) is 1. The highest BCUT2D eigenvalue weighted by Gasteiger charge is 2.24. The monoisotopic (exact) mass is 334 g/mol. The summed E-state index contributed by atoms with van der Waals surface area (Å²) in [5.74, 6) is 0.0200. The molecule has 0 fully saturated rings. The molecule has 1 aromatic carbocycles. The fraction of sp³-hybridized carbons (Fsp3) is 0.412. The van der Waals surface area contributed by atoms with Gasteiger partial charge in [-0.15, -0.1) is 11.3 Å². The number of nitrogens with zero attached hydrogens (tertiary/aromatic N) is 1. The number of carbonyl (C=O) groups is 1. The first kappa shape index (κ1) is 15.5. The maximum absolute atomic E-state index is 12.8. The quantitative estimate of drug-likeness (QED) is 0.835. The van der Waals surface area contributed by atoms with Gasteiger partial charge in [-0.1, -0.05) is 23.7 Å². The largest absolute Gasteiger partial charge is 0.310 e. The number of aromatic nitrogens is 1. The molecule has 3 rings (SSSR count). The summed E-state index contributed by atoms with van der Waals surface area (Å²) in [6.07, 6.45) is 4.33. The number of hydrogen-bond acceptors (Lipinski definition) is 3. The molecule has 1 heterocycles. The van der Waals surface area contributed by atoms with Crippen LogP contribution in [-0.2, 0) is 12.8 Å². The van der Waals surface area contributed by atoms with Crippen LogP contribution in [0.2, 0.25) is 5.02 Å². The Morgan fingerprint density at radius 2 is 2.09 bits per heavy atom. The van der Waals surface area contributed by atoms with Gasteiger partial charge in [-0.2, -0.15) is 0 Å². The molecule has 0 saturated carbocycles. The standard InChI is InChI=1S/C17H19ClN2OS/c1-10-7-8-12(9-13(10)18)16(21)11(2)20-14-5-3-4-6-15(14)22-17(20)19/h7-9,11,19H,3-6H2,1-2H3. The normalized spacial score (nSPS) is 15.4. The third-order valence-corrected chi connectivity index (χ3v) is 5.83. The summed E-state index contributed by atoms with van der Waals surface area (Å²) in [5, 5.41) is 8.85. The molecule has 0 aliphatic heterocycles. The van der Waals surface area contributed by atoms with Crippen LogP contribution in [0.25, 0.3) is 0 Å². The zero-order valence-corrected chi connectivity index (χ0v) is 14.4. The van der Waals surface area contributed by atoms with Crippen molar-refractivity contribution in [2.24, 2.45) is 0 Å². The van der Waals surface area contributed by atoms with E-state index in [1.807, 2.05) is 30.5 Å². The Morgan fingerprint density at radius 1 is 1.36 bits per heavy atom. The lowest BCUT2D eigenvalue weighted by Gasteiger charge is -2.19. The second-order valence-electron chi connectivity index (χ2n) is 5.86. The first-order valence-corrected chi connectivity index (χ1v) is 8.76. The first-order chi connectivity index (χ1) is 10.5. The number of rotatable bonds is 3. The van der Waals surface area contributed by atoms with Crippen LogP contribution in [0.4, 0.5) is 0 Å². The third kappa shape index (κ3) is 2.66. The van der Waals surface area contributed by atoms with E-state index in [4.69, 9.17) is 17.0 Å². The minimum absolute atomic E-state index is 0.0200. The third-order valence-electron chi connectivity index (χ3n) is 4.34. The molecule has 1 N–H and O–H groups in total. The zero-order valence-electron chi connectivity index (χ0n) is 12.8. The Balaban J connectivity index is 1.98. The van der Waals surface area contributed by atoms with Crippen molar-refractivity contribution in [2.45, 2.75) is 45.6 Å². The molecule has 0 bridgehead atoms. The Kier molecular flexibility index (Phi) is 4.24. The molecule has 1 aliphatic rings. The molecule has 0 radical (unpaired) electrons. The van der Waals surface area contributed by atoms with E-state index in [2.05, 4.69) is 0 Å². The van der Waals surface area contributed by atoms with Gasteiger partial charge in [0.1, 0.15) is 0 Å². The van der Waals surface area contributed by atoms with Gasteiger partial charge in [-0.3, -0.25) is 10.2 Å². The fourth-order valence-corrected chi connectivity index (χ4v) is 4.37. The van der Waals surface area contributed by atoms with Gasteiger partial charge in [0.2, 0.25) is 0 Å². The topological polar surface area (TPSA) is 45.9 Å². The van der Waals surface area contributed by atoms with Gasteiger partial charge < -0.3 is 4.57 Å². The molecule has 5 heteroatoms. The zero-order chi connectivity index (χ0) is 15.9. The molecule has 1 atom stereocenters. The molecule has 3 nitrogen and oxygen atoms in total. The van der Waals surface area contributed by atoms with Crippen LogP contribution >= 0.6 is 22.9 Å². The van der Waals surface area contributed by atoms with Gasteiger partial charge in [0, 0.05) is 21.2 Å². The van der Waals surface area contributed by atoms with Crippen molar-refractivity contribution in [3.63, 3.8) is 0 Å². The maximum Gasteiger partial charge on any atom is 0.185 e. The van der Waals surface area contributed by atoms with Gasteiger partial charge in [-0.05, 0) is 51.2 Å². The van der Waals surface area contributed by atoms with Crippen LogP contribution < -0.4 is 4.80 Å². The number of aryl methyl sites for hydroxylation is 2. The molecule has 22 heavy (non-hydrogen) atoms. The van der Waals surface area contributed by atoms with Crippen molar-refractivity contribution in [1.82, 2.24) is 4.57 Å². The predicted octanol–water partition coefficient (Wildman–Crippen LogP) is 4.31. The molecule has 0 saturated heterocycles. The molecule has 1 aromatic heterocycles. The molecule has 0 spiro atoms. The van der Waals surface area contributed by atoms with Crippen molar-refractivity contribution < 1.29 is 4.79 Å². The number of fused-ring (bicyclic) bond motifs is 1. The minimum Gasteiger partial charge on any atom is -0.310 e. The van der Waals surface area contributed by atoms with Crippen molar-refractivity contribution >= 4 is 28.7 Å². The lowest BCUT2D eigenvalue weighted by atomic mass is 10.00.